The minimum atomic E-state index is -0.315. The lowest BCUT2D eigenvalue weighted by molar-refractivity contribution is -0.131. The molecule has 2 rings (SSSR count). The lowest BCUT2D eigenvalue weighted by Gasteiger charge is -2.23. The van der Waals surface area contributed by atoms with Gasteiger partial charge in [0.25, 0.3) is 0 Å². The van der Waals surface area contributed by atoms with Crippen LogP contribution in [0.2, 0.25) is 0 Å². The number of nitrogens with zero attached hydrogens (tertiary/aromatic N) is 1. The van der Waals surface area contributed by atoms with Gasteiger partial charge in [0.1, 0.15) is 6.10 Å². The molecule has 0 radical (unpaired) electrons. The Kier molecular flexibility index (Phi) is 6.68. The molecule has 1 heterocycles. The molecule has 122 valence electrons. The summed E-state index contributed by atoms with van der Waals surface area (Å²) in [6.45, 7) is 5.20. The number of rotatable bonds is 8. The van der Waals surface area contributed by atoms with Crippen LogP contribution in [0.4, 0.5) is 5.69 Å². The summed E-state index contributed by atoms with van der Waals surface area (Å²) >= 11 is 0. The molecule has 5 heteroatoms. The third-order valence-corrected chi connectivity index (χ3v) is 4.07. The average Bonchev–Trinajstić information content (AvgIpc) is 3.05. The third-order valence-electron chi connectivity index (χ3n) is 4.07. The van der Waals surface area contributed by atoms with Gasteiger partial charge in [-0.3, -0.25) is 4.79 Å². The first-order valence-electron chi connectivity index (χ1n) is 8.17. The first-order chi connectivity index (χ1) is 10.7. The average molecular weight is 305 g/mol. The van der Waals surface area contributed by atoms with E-state index in [1.165, 1.54) is 5.69 Å². The van der Waals surface area contributed by atoms with Crippen LogP contribution in [-0.4, -0.2) is 44.3 Å². The Hall–Kier alpha value is -1.59. The Labute approximate surface area is 132 Å². The van der Waals surface area contributed by atoms with Crippen LogP contribution in [0.3, 0.4) is 0 Å². The van der Waals surface area contributed by atoms with Crippen molar-refractivity contribution in [3.8, 4) is 0 Å². The molecule has 22 heavy (non-hydrogen) atoms. The van der Waals surface area contributed by atoms with Gasteiger partial charge in [0, 0.05) is 31.9 Å². The topological polar surface area (TPSA) is 67.6 Å². The molecule has 2 atom stereocenters. The minimum absolute atomic E-state index is 0.00119. The van der Waals surface area contributed by atoms with Crippen molar-refractivity contribution in [3.63, 3.8) is 0 Å². The van der Waals surface area contributed by atoms with E-state index in [1.807, 2.05) is 18.2 Å². The van der Waals surface area contributed by atoms with Gasteiger partial charge in [0.2, 0.25) is 5.91 Å². The molecule has 1 aliphatic rings. The highest BCUT2D eigenvalue weighted by molar-refractivity contribution is 5.80. The predicted molar refractivity (Wildman–Crippen MR) is 88.9 cm³/mol. The van der Waals surface area contributed by atoms with Crippen LogP contribution in [0.25, 0.3) is 0 Å². The van der Waals surface area contributed by atoms with E-state index in [1.54, 1.807) is 0 Å². The summed E-state index contributed by atoms with van der Waals surface area (Å²) in [5.74, 6) is -0.00119. The number of benzene rings is 1. The molecule has 1 aromatic carbocycles. The van der Waals surface area contributed by atoms with Gasteiger partial charge in [-0.2, -0.15) is 0 Å². The standard InChI is InChI=1S/C17H27N3O2/c1-2-20(14-7-4-3-5-8-14)12-6-11-19-17(21)16-10-9-15(13-18)22-16/h3-5,7-8,15-16H,2,6,9-13,18H2,1H3,(H,19,21)/t15-,16+/m1/s1. The van der Waals surface area contributed by atoms with Crippen LogP contribution in [0.5, 0.6) is 0 Å². The highest BCUT2D eigenvalue weighted by Gasteiger charge is 2.29. The maximum absolute atomic E-state index is 12.0. The zero-order valence-electron chi connectivity index (χ0n) is 13.3. The number of amides is 1. The second-order valence-corrected chi connectivity index (χ2v) is 5.62. The van der Waals surface area contributed by atoms with Crippen LogP contribution in [-0.2, 0) is 9.53 Å². The number of carbonyl (C=O) groups excluding carboxylic acids is 1. The number of ether oxygens (including phenoxy) is 1. The van der Waals surface area contributed by atoms with Crippen LogP contribution >= 0.6 is 0 Å². The minimum Gasteiger partial charge on any atom is -0.372 e. The predicted octanol–water partition coefficient (Wildman–Crippen LogP) is 1.53. The summed E-state index contributed by atoms with van der Waals surface area (Å²) in [4.78, 5) is 14.3. The number of nitrogens with two attached hydrogens (primary N) is 1. The smallest absolute Gasteiger partial charge is 0.249 e. The Balaban J connectivity index is 1.67. The molecule has 1 amide bonds. The summed E-state index contributed by atoms with van der Waals surface area (Å²) in [5.41, 5.74) is 6.78. The van der Waals surface area contributed by atoms with Crippen molar-refractivity contribution in [2.45, 2.75) is 38.4 Å². The monoisotopic (exact) mass is 305 g/mol. The van der Waals surface area contributed by atoms with E-state index in [0.717, 1.165) is 32.4 Å². The van der Waals surface area contributed by atoms with Crippen molar-refractivity contribution >= 4 is 11.6 Å². The van der Waals surface area contributed by atoms with Gasteiger partial charge in [-0.1, -0.05) is 18.2 Å². The molecule has 0 bridgehead atoms. The highest BCUT2D eigenvalue weighted by atomic mass is 16.5. The molecule has 3 N–H and O–H groups in total. The second-order valence-electron chi connectivity index (χ2n) is 5.62. The molecule has 1 fully saturated rings. The fourth-order valence-electron chi connectivity index (χ4n) is 2.78. The summed E-state index contributed by atoms with van der Waals surface area (Å²) in [7, 11) is 0. The Morgan fingerprint density at radius 2 is 2.14 bits per heavy atom. The quantitative estimate of drug-likeness (QED) is 0.715. The molecular formula is C17H27N3O2. The SMILES string of the molecule is CCN(CCCNC(=O)[C@@H]1CC[C@H](CN)O1)c1ccccc1. The van der Waals surface area contributed by atoms with Gasteiger partial charge >= 0.3 is 0 Å². The molecule has 1 aromatic rings. The Morgan fingerprint density at radius 1 is 1.36 bits per heavy atom. The fraction of sp³-hybridized carbons (Fsp3) is 0.588. The van der Waals surface area contributed by atoms with Crippen LogP contribution in [0.15, 0.2) is 30.3 Å². The van der Waals surface area contributed by atoms with Crippen LogP contribution < -0.4 is 16.0 Å². The molecule has 0 aromatic heterocycles. The highest BCUT2D eigenvalue weighted by Crippen LogP contribution is 2.18. The fourth-order valence-corrected chi connectivity index (χ4v) is 2.78. The first kappa shape index (κ1) is 16.8. The van der Waals surface area contributed by atoms with Crippen molar-refractivity contribution in [1.82, 2.24) is 5.32 Å². The molecular weight excluding hydrogens is 278 g/mol. The van der Waals surface area contributed by atoms with Crippen molar-refractivity contribution in [1.29, 1.82) is 0 Å². The van der Waals surface area contributed by atoms with Crippen molar-refractivity contribution in [3.05, 3.63) is 30.3 Å². The van der Waals surface area contributed by atoms with E-state index in [-0.39, 0.29) is 18.1 Å². The van der Waals surface area contributed by atoms with E-state index in [2.05, 4.69) is 29.3 Å². The number of hydrogen-bond acceptors (Lipinski definition) is 4. The Bertz CT molecular complexity index is 452. The zero-order valence-corrected chi connectivity index (χ0v) is 13.3. The molecule has 1 saturated heterocycles. The normalized spacial score (nSPS) is 20.8. The molecule has 0 aliphatic carbocycles. The number of nitrogens with one attached hydrogen (secondary N) is 1. The van der Waals surface area contributed by atoms with Gasteiger partial charge in [-0.25, -0.2) is 0 Å². The van der Waals surface area contributed by atoms with Gasteiger partial charge in [0.05, 0.1) is 6.10 Å². The van der Waals surface area contributed by atoms with Crippen molar-refractivity contribution < 1.29 is 9.53 Å². The summed E-state index contributed by atoms with van der Waals surface area (Å²) in [5, 5.41) is 2.97. The van der Waals surface area contributed by atoms with Gasteiger partial charge < -0.3 is 20.7 Å². The van der Waals surface area contributed by atoms with Crippen LogP contribution in [0.1, 0.15) is 26.2 Å². The molecule has 0 spiro atoms. The van der Waals surface area contributed by atoms with E-state index >= 15 is 0 Å². The third kappa shape index (κ3) is 4.71. The molecule has 1 aliphatic heterocycles. The first-order valence-corrected chi connectivity index (χ1v) is 8.17. The largest absolute Gasteiger partial charge is 0.372 e. The number of anilines is 1. The summed E-state index contributed by atoms with van der Waals surface area (Å²) in [6, 6.07) is 10.3. The van der Waals surface area contributed by atoms with E-state index in [0.29, 0.717) is 13.1 Å². The lowest BCUT2D eigenvalue weighted by Crippen LogP contribution is -2.37. The van der Waals surface area contributed by atoms with E-state index in [9.17, 15) is 4.79 Å². The number of para-hydroxylation sites is 1. The maximum Gasteiger partial charge on any atom is 0.249 e. The Morgan fingerprint density at radius 3 is 2.77 bits per heavy atom. The molecule has 0 saturated carbocycles. The molecule has 0 unspecified atom stereocenters. The second kappa shape index (κ2) is 8.76. The number of carbonyl (C=O) groups is 1. The number of hydrogen-bond donors (Lipinski definition) is 2. The lowest BCUT2D eigenvalue weighted by atomic mass is 10.2. The summed E-state index contributed by atoms with van der Waals surface area (Å²) in [6.07, 6.45) is 2.31. The van der Waals surface area contributed by atoms with Crippen molar-refractivity contribution in [2.24, 2.45) is 5.73 Å². The van der Waals surface area contributed by atoms with E-state index in [4.69, 9.17) is 10.5 Å². The maximum atomic E-state index is 12.0. The van der Waals surface area contributed by atoms with Crippen LogP contribution in [0, 0.1) is 0 Å². The molecule has 5 nitrogen and oxygen atoms in total. The van der Waals surface area contributed by atoms with Gasteiger partial charge in [-0.15, -0.1) is 0 Å². The summed E-state index contributed by atoms with van der Waals surface area (Å²) < 4.78 is 5.59. The van der Waals surface area contributed by atoms with Crippen molar-refractivity contribution in [2.75, 3.05) is 31.1 Å². The van der Waals surface area contributed by atoms with Gasteiger partial charge in [0.15, 0.2) is 0 Å². The zero-order chi connectivity index (χ0) is 15.8. The van der Waals surface area contributed by atoms with E-state index < -0.39 is 0 Å². The van der Waals surface area contributed by atoms with Gasteiger partial charge in [-0.05, 0) is 38.3 Å².